The number of rotatable bonds is 6. The molecule has 1 saturated heterocycles. The molecule has 1 aliphatic carbocycles. The first-order valence-electron chi connectivity index (χ1n) is 11.0. The Balaban J connectivity index is 1.51. The van der Waals surface area contributed by atoms with Gasteiger partial charge in [-0.1, -0.05) is 11.8 Å². The number of nitrogens with one attached hydrogen (secondary N) is 1. The molecule has 0 bridgehead atoms. The molecule has 1 fully saturated rings. The van der Waals surface area contributed by atoms with Crippen LogP contribution in [0.5, 0.6) is 0 Å². The van der Waals surface area contributed by atoms with Crippen LogP contribution in [-0.2, 0) is 24.1 Å². The predicted octanol–water partition coefficient (Wildman–Crippen LogP) is 4.44. The lowest BCUT2D eigenvalue weighted by Gasteiger charge is -2.16. The summed E-state index contributed by atoms with van der Waals surface area (Å²) in [4.78, 5) is 36.7. The highest BCUT2D eigenvalue weighted by Crippen LogP contribution is 2.35. The van der Waals surface area contributed by atoms with Crippen molar-refractivity contribution in [3.05, 3.63) is 43.8 Å². The van der Waals surface area contributed by atoms with Crippen molar-refractivity contribution in [2.24, 2.45) is 0 Å². The van der Waals surface area contributed by atoms with E-state index in [2.05, 4.69) is 4.98 Å². The third-order valence-electron chi connectivity index (χ3n) is 6.23. The largest absolute Gasteiger partial charge is 0.376 e. The number of fused-ring (bicyclic) bond motifs is 3. The van der Waals surface area contributed by atoms with Gasteiger partial charge in [0.15, 0.2) is 10.9 Å². The number of aromatic amines is 1. The molecular formula is C23H27N3O3S2. The summed E-state index contributed by atoms with van der Waals surface area (Å²) in [6.45, 7) is 5.12. The Morgan fingerprint density at radius 3 is 2.90 bits per heavy atom. The van der Waals surface area contributed by atoms with E-state index in [9.17, 15) is 9.59 Å². The minimum atomic E-state index is 0.0310. The zero-order valence-corrected chi connectivity index (χ0v) is 19.6. The number of hydrogen-bond donors (Lipinski definition) is 1. The number of hydrogen-bond acceptors (Lipinski definition) is 6. The summed E-state index contributed by atoms with van der Waals surface area (Å²) >= 11 is 3.02. The van der Waals surface area contributed by atoms with E-state index >= 15 is 0 Å². The van der Waals surface area contributed by atoms with E-state index in [1.54, 1.807) is 15.9 Å². The number of aryl methyl sites for hydroxylation is 4. The molecule has 2 aliphatic rings. The molecule has 164 valence electrons. The lowest BCUT2D eigenvalue weighted by Crippen LogP contribution is -2.29. The molecule has 6 nitrogen and oxygen atoms in total. The molecule has 1 atom stereocenters. The Hall–Kier alpha value is -1.90. The Morgan fingerprint density at radius 2 is 2.16 bits per heavy atom. The highest BCUT2D eigenvalue weighted by atomic mass is 32.2. The Morgan fingerprint density at radius 1 is 1.32 bits per heavy atom. The monoisotopic (exact) mass is 457 g/mol. The molecule has 0 spiro atoms. The maximum atomic E-state index is 13.6. The second-order valence-electron chi connectivity index (χ2n) is 8.54. The van der Waals surface area contributed by atoms with Gasteiger partial charge in [0.1, 0.15) is 4.83 Å². The topological polar surface area (TPSA) is 77.0 Å². The van der Waals surface area contributed by atoms with Gasteiger partial charge in [0.05, 0.1) is 23.8 Å². The number of aromatic nitrogens is 3. The second kappa shape index (κ2) is 8.56. The molecular weight excluding hydrogens is 430 g/mol. The first-order valence-corrected chi connectivity index (χ1v) is 12.8. The molecule has 5 rings (SSSR count). The van der Waals surface area contributed by atoms with Crippen molar-refractivity contribution in [2.45, 2.75) is 70.2 Å². The van der Waals surface area contributed by atoms with Gasteiger partial charge in [0, 0.05) is 28.4 Å². The first-order chi connectivity index (χ1) is 15.0. The Labute approximate surface area is 189 Å². The fourth-order valence-electron chi connectivity index (χ4n) is 4.70. The fraction of sp³-hybridized carbons (Fsp3) is 0.522. The minimum Gasteiger partial charge on any atom is -0.376 e. The van der Waals surface area contributed by atoms with Crippen LogP contribution in [0.1, 0.15) is 57.9 Å². The Kier molecular flexibility index (Phi) is 5.79. The number of Topliss-reactive ketones (excluding diaryl/α,β-unsaturated/α-hetero) is 1. The highest BCUT2D eigenvalue weighted by molar-refractivity contribution is 7.99. The Bertz CT molecular complexity index is 1200. The first kappa shape index (κ1) is 21.0. The molecule has 1 aliphatic heterocycles. The summed E-state index contributed by atoms with van der Waals surface area (Å²) in [5.41, 5.74) is 3.81. The second-order valence-corrected chi connectivity index (χ2v) is 10.6. The van der Waals surface area contributed by atoms with Crippen LogP contribution < -0.4 is 5.56 Å². The van der Waals surface area contributed by atoms with E-state index in [1.165, 1.54) is 28.6 Å². The van der Waals surface area contributed by atoms with E-state index in [1.807, 2.05) is 19.9 Å². The van der Waals surface area contributed by atoms with Gasteiger partial charge < -0.3 is 9.72 Å². The summed E-state index contributed by atoms with van der Waals surface area (Å²) in [6.07, 6.45) is 6.32. The normalized spacial score (nSPS) is 18.6. The molecule has 3 aromatic rings. The van der Waals surface area contributed by atoms with Gasteiger partial charge in [-0.05, 0) is 64.0 Å². The lowest BCUT2D eigenvalue weighted by molar-refractivity contribution is 0.0937. The molecule has 1 unspecified atom stereocenters. The summed E-state index contributed by atoms with van der Waals surface area (Å²) in [5, 5.41) is 1.43. The standard InChI is InChI=1S/C23H27N3O3S2/c1-13-10-17(14(2)24-13)18(27)12-30-23-25-21-20(16-7-3-4-8-19(16)31-21)22(28)26(23)11-15-6-5-9-29-15/h10,15,24H,3-9,11-12H2,1-2H3. The third kappa shape index (κ3) is 4.01. The van der Waals surface area contributed by atoms with Crippen molar-refractivity contribution in [3.63, 3.8) is 0 Å². The summed E-state index contributed by atoms with van der Waals surface area (Å²) < 4.78 is 7.59. The number of nitrogens with zero attached hydrogens (tertiary/aromatic N) is 2. The number of thioether (sulfide) groups is 1. The number of ether oxygens (including phenoxy) is 1. The summed E-state index contributed by atoms with van der Waals surface area (Å²) in [6, 6.07) is 1.89. The average Bonchev–Trinajstić information content (AvgIpc) is 3.47. The van der Waals surface area contributed by atoms with E-state index in [0.717, 1.165) is 60.3 Å². The van der Waals surface area contributed by atoms with Gasteiger partial charge in [-0.25, -0.2) is 4.98 Å². The van der Waals surface area contributed by atoms with Crippen LogP contribution >= 0.6 is 23.1 Å². The molecule has 8 heteroatoms. The number of carbonyl (C=O) groups excluding carboxylic acids is 1. The molecule has 0 saturated carbocycles. The van der Waals surface area contributed by atoms with Crippen LogP contribution in [0, 0.1) is 13.8 Å². The maximum Gasteiger partial charge on any atom is 0.263 e. The zero-order valence-electron chi connectivity index (χ0n) is 18.0. The SMILES string of the molecule is Cc1cc(C(=O)CSc2nc3sc4c(c3c(=O)n2CC2CCCO2)CCCC4)c(C)[nH]1. The number of H-pyrrole nitrogens is 1. The van der Waals surface area contributed by atoms with E-state index in [0.29, 0.717) is 17.3 Å². The minimum absolute atomic E-state index is 0.0310. The van der Waals surface area contributed by atoms with Crippen molar-refractivity contribution in [2.75, 3.05) is 12.4 Å². The van der Waals surface area contributed by atoms with Gasteiger partial charge in [-0.3, -0.25) is 14.2 Å². The van der Waals surface area contributed by atoms with Crippen LogP contribution in [0.25, 0.3) is 10.2 Å². The fourth-order valence-corrected chi connectivity index (χ4v) is 6.90. The van der Waals surface area contributed by atoms with Crippen molar-refractivity contribution in [1.82, 2.24) is 14.5 Å². The predicted molar refractivity (Wildman–Crippen MR) is 125 cm³/mol. The number of carbonyl (C=O) groups is 1. The molecule has 4 heterocycles. The van der Waals surface area contributed by atoms with E-state index in [-0.39, 0.29) is 23.2 Å². The molecule has 0 radical (unpaired) electrons. The van der Waals surface area contributed by atoms with Crippen LogP contribution in [0.15, 0.2) is 16.0 Å². The van der Waals surface area contributed by atoms with E-state index in [4.69, 9.17) is 9.72 Å². The van der Waals surface area contributed by atoms with Crippen LogP contribution in [0.3, 0.4) is 0 Å². The zero-order chi connectivity index (χ0) is 21.5. The van der Waals surface area contributed by atoms with E-state index < -0.39 is 0 Å². The van der Waals surface area contributed by atoms with Crippen molar-refractivity contribution in [3.8, 4) is 0 Å². The van der Waals surface area contributed by atoms with Gasteiger partial charge in [-0.15, -0.1) is 11.3 Å². The molecule has 0 amide bonds. The van der Waals surface area contributed by atoms with Gasteiger partial charge in [0.2, 0.25) is 0 Å². The number of thiophene rings is 1. The summed E-state index contributed by atoms with van der Waals surface area (Å²) in [5.74, 6) is 0.308. The quantitative estimate of drug-likeness (QED) is 0.336. The highest BCUT2D eigenvalue weighted by Gasteiger charge is 2.25. The summed E-state index contributed by atoms with van der Waals surface area (Å²) in [7, 11) is 0. The maximum absolute atomic E-state index is 13.6. The van der Waals surface area contributed by atoms with Crippen molar-refractivity contribution >= 4 is 39.1 Å². The van der Waals surface area contributed by atoms with Gasteiger partial charge in [-0.2, -0.15) is 0 Å². The molecule has 0 aromatic carbocycles. The van der Waals surface area contributed by atoms with Crippen LogP contribution in [-0.4, -0.2) is 38.8 Å². The lowest BCUT2D eigenvalue weighted by atomic mass is 9.97. The van der Waals surface area contributed by atoms with Gasteiger partial charge in [0.25, 0.3) is 5.56 Å². The van der Waals surface area contributed by atoms with Gasteiger partial charge >= 0.3 is 0 Å². The van der Waals surface area contributed by atoms with Crippen molar-refractivity contribution < 1.29 is 9.53 Å². The third-order valence-corrected chi connectivity index (χ3v) is 8.39. The van der Waals surface area contributed by atoms with Crippen LogP contribution in [0.4, 0.5) is 0 Å². The van der Waals surface area contributed by atoms with Crippen molar-refractivity contribution in [1.29, 1.82) is 0 Å². The average molecular weight is 458 g/mol. The molecule has 3 aromatic heterocycles. The smallest absolute Gasteiger partial charge is 0.263 e. The number of ketones is 1. The molecule has 31 heavy (non-hydrogen) atoms. The molecule has 1 N–H and O–H groups in total. The van der Waals surface area contributed by atoms with Crippen LogP contribution in [0.2, 0.25) is 0 Å².